The Morgan fingerprint density at radius 3 is 0.770 bits per heavy atom. The zero-order valence-electron chi connectivity index (χ0n) is 31.6. The third kappa shape index (κ3) is 20.3. The Labute approximate surface area is 367 Å². The molecular formula is C38H47N4O15PPtS2. The summed E-state index contributed by atoms with van der Waals surface area (Å²) in [6, 6.07) is 43.9. The maximum absolute atomic E-state index is 11.1. The third-order valence-corrected chi connectivity index (χ3v) is 11.1. The van der Waals surface area contributed by atoms with Gasteiger partial charge in [0, 0.05) is 24.8 Å². The van der Waals surface area contributed by atoms with E-state index in [1.54, 1.807) is 49.1 Å². The molecule has 0 saturated heterocycles. The molecule has 4 heterocycles. The van der Waals surface area contributed by atoms with Crippen molar-refractivity contribution in [3.05, 3.63) is 176 Å². The molecule has 0 aliphatic carbocycles. The van der Waals surface area contributed by atoms with Gasteiger partial charge in [0.25, 0.3) is 0 Å². The molecule has 0 spiro atoms. The van der Waals surface area contributed by atoms with Gasteiger partial charge in [-0.3, -0.25) is 19.9 Å². The van der Waals surface area contributed by atoms with Crippen molar-refractivity contribution in [1.29, 1.82) is 0 Å². The molecule has 0 atom stereocenters. The van der Waals surface area contributed by atoms with Gasteiger partial charge in [-0.05, 0) is 96.6 Å². The van der Waals surface area contributed by atoms with Crippen LogP contribution in [0.3, 0.4) is 0 Å². The SMILES string of the molecule is O.O.O.O.O.O.O.O.O.O=S(=O)([O-])c1ccc(P(c2ccccc2)c2ccc(S(=O)(=O)[O-])cc2)cc1.[Pt+2].c1ccc(-c2ccccn2)nc1.c1ccc(-c2ccccn2)nc1. The van der Waals surface area contributed by atoms with Crippen LogP contribution in [0.25, 0.3) is 22.8 Å². The van der Waals surface area contributed by atoms with Crippen LogP contribution in [-0.2, 0) is 41.3 Å². The van der Waals surface area contributed by atoms with Crippen molar-refractivity contribution in [1.82, 2.24) is 19.9 Å². The van der Waals surface area contributed by atoms with Crippen LogP contribution >= 0.6 is 7.92 Å². The number of nitrogens with zero attached hydrogens (tertiary/aromatic N) is 4. The average molecular weight is 1090 g/mol. The van der Waals surface area contributed by atoms with Gasteiger partial charge in [0.1, 0.15) is 20.2 Å². The quantitative estimate of drug-likeness (QED) is 0.126. The maximum Gasteiger partial charge on any atom is 2.00 e. The van der Waals surface area contributed by atoms with Gasteiger partial charge in [-0.25, -0.2) is 16.8 Å². The van der Waals surface area contributed by atoms with E-state index in [1.165, 1.54) is 24.3 Å². The molecule has 61 heavy (non-hydrogen) atoms. The molecule has 0 aliphatic rings. The van der Waals surface area contributed by atoms with E-state index in [4.69, 9.17) is 0 Å². The molecule has 18 N–H and O–H groups in total. The van der Waals surface area contributed by atoms with Crippen LogP contribution in [0.2, 0.25) is 0 Å². The monoisotopic (exact) mass is 1090 g/mol. The Balaban J connectivity index is -0.000000190. The van der Waals surface area contributed by atoms with E-state index >= 15 is 0 Å². The van der Waals surface area contributed by atoms with Crippen LogP contribution in [0.4, 0.5) is 0 Å². The minimum absolute atomic E-state index is 0. The van der Waals surface area contributed by atoms with Gasteiger partial charge in [-0.2, -0.15) is 0 Å². The van der Waals surface area contributed by atoms with Gasteiger partial charge in [0.2, 0.25) is 0 Å². The van der Waals surface area contributed by atoms with Gasteiger partial charge < -0.3 is 58.4 Å². The van der Waals surface area contributed by atoms with Crippen LogP contribution in [0.5, 0.6) is 0 Å². The molecule has 7 rings (SSSR count). The summed E-state index contributed by atoms with van der Waals surface area (Å²) < 4.78 is 66.9. The number of hydrogen-bond donors (Lipinski definition) is 0. The first-order valence-corrected chi connectivity index (χ1v) is 19.4. The van der Waals surface area contributed by atoms with Gasteiger partial charge in [-0.1, -0.05) is 78.9 Å². The van der Waals surface area contributed by atoms with E-state index < -0.39 is 28.2 Å². The molecule has 0 bridgehead atoms. The number of rotatable bonds is 7. The molecule has 3 aromatic carbocycles. The predicted molar refractivity (Wildman–Crippen MR) is 229 cm³/mol. The molecule has 336 valence electrons. The number of pyridine rings is 4. The van der Waals surface area contributed by atoms with Crippen LogP contribution in [0.15, 0.2) is 186 Å². The second-order valence-corrected chi connectivity index (χ2v) is 15.4. The van der Waals surface area contributed by atoms with Crippen molar-refractivity contribution in [2.24, 2.45) is 0 Å². The largest absolute Gasteiger partial charge is 2.00 e. The standard InChI is InChI=1S/C18H15O6PS2.2C10H8N2.9H2O.Pt/c19-26(20,21)17-10-6-15(7-11-17)25(14-4-2-1-3-5-14)16-8-12-18(13-9-16)27(22,23)24;2*1-3-7-11-9(5-1)10-6-2-4-8-12-10;;;;;;;;;;/h1-13H,(H,19,20,21)(H,22,23,24);2*1-8H;9*1H2;/q;;;;;;;;;;;;+2/p-2. The first kappa shape index (κ1) is 67.6. The van der Waals surface area contributed by atoms with Crippen molar-refractivity contribution in [3.8, 4) is 22.8 Å². The van der Waals surface area contributed by atoms with Crippen LogP contribution in [0.1, 0.15) is 0 Å². The second kappa shape index (κ2) is 32.6. The molecule has 0 amide bonds. The summed E-state index contributed by atoms with van der Waals surface area (Å²) in [5, 5.41) is 2.51. The molecule has 23 heteroatoms. The molecule has 0 saturated carbocycles. The number of aromatic nitrogens is 4. The van der Waals surface area contributed by atoms with Crippen LogP contribution in [0, 0.1) is 0 Å². The zero-order chi connectivity index (χ0) is 36.1. The van der Waals surface area contributed by atoms with E-state index in [9.17, 15) is 25.9 Å². The fourth-order valence-corrected chi connectivity index (χ4v) is 7.80. The molecular weight excluding hydrogens is 1040 g/mol. The summed E-state index contributed by atoms with van der Waals surface area (Å²) in [4.78, 5) is 16.1. The number of hydrogen-bond acceptors (Lipinski definition) is 10. The normalized spacial score (nSPS) is 9.23. The Hall–Kier alpha value is -5.16. The first-order valence-electron chi connectivity index (χ1n) is 15.2. The van der Waals surface area contributed by atoms with E-state index in [0.717, 1.165) is 38.7 Å². The summed E-state index contributed by atoms with van der Waals surface area (Å²) in [6.45, 7) is 0. The van der Waals surface area contributed by atoms with Gasteiger partial charge in [-0.15, -0.1) is 0 Å². The van der Waals surface area contributed by atoms with Gasteiger partial charge in [0.15, 0.2) is 0 Å². The molecule has 0 radical (unpaired) electrons. The molecule has 0 aliphatic heterocycles. The summed E-state index contributed by atoms with van der Waals surface area (Å²) in [6.07, 6.45) is 7.07. The fourth-order valence-electron chi connectivity index (χ4n) is 4.61. The Bertz CT molecular complexity index is 2130. The van der Waals surface area contributed by atoms with E-state index in [1.807, 2.05) is 103 Å². The molecule has 7 aromatic rings. The van der Waals surface area contributed by atoms with Crippen molar-refractivity contribution >= 4 is 44.1 Å². The van der Waals surface area contributed by atoms with Crippen molar-refractivity contribution in [2.45, 2.75) is 9.79 Å². The van der Waals surface area contributed by atoms with Crippen molar-refractivity contribution < 1.29 is 96.3 Å². The molecule has 4 aromatic heterocycles. The third-order valence-electron chi connectivity index (χ3n) is 6.97. The summed E-state index contributed by atoms with van der Waals surface area (Å²) in [5.74, 6) is 0. The van der Waals surface area contributed by atoms with Gasteiger partial charge in [0.05, 0.1) is 32.6 Å². The van der Waals surface area contributed by atoms with Crippen LogP contribution < -0.4 is 15.9 Å². The van der Waals surface area contributed by atoms with Crippen LogP contribution in [-0.4, -0.2) is 95.2 Å². The zero-order valence-corrected chi connectivity index (χ0v) is 36.4. The number of benzene rings is 3. The summed E-state index contributed by atoms with van der Waals surface area (Å²) >= 11 is 0. The van der Waals surface area contributed by atoms with Gasteiger partial charge >= 0.3 is 21.1 Å². The first-order chi connectivity index (χ1) is 24.6. The average Bonchev–Trinajstić information content (AvgIpc) is 3.17. The Kier molecular flexibility index (Phi) is 36.1. The Morgan fingerprint density at radius 1 is 0.328 bits per heavy atom. The van der Waals surface area contributed by atoms with E-state index in [0.29, 0.717) is 0 Å². The van der Waals surface area contributed by atoms with E-state index in [-0.39, 0.29) is 80.1 Å². The second-order valence-electron chi connectivity index (χ2n) is 10.4. The summed E-state index contributed by atoms with van der Waals surface area (Å²) in [5.41, 5.74) is 3.66. The summed E-state index contributed by atoms with van der Waals surface area (Å²) in [7, 11) is -10.2. The topological polar surface area (TPSA) is 449 Å². The maximum atomic E-state index is 11.1. The molecule has 19 nitrogen and oxygen atoms in total. The van der Waals surface area contributed by atoms with E-state index in [2.05, 4.69) is 19.9 Å². The predicted octanol–water partition coefficient (Wildman–Crippen LogP) is -1.88. The minimum atomic E-state index is -4.54. The smallest absolute Gasteiger partial charge is 0.744 e. The Morgan fingerprint density at radius 2 is 0.557 bits per heavy atom. The fraction of sp³-hybridized carbons (Fsp3) is 0. The molecule has 0 fully saturated rings. The van der Waals surface area contributed by atoms with Crippen molar-refractivity contribution in [3.63, 3.8) is 0 Å². The molecule has 0 unspecified atom stereocenters. The minimum Gasteiger partial charge on any atom is -0.744 e. The van der Waals surface area contributed by atoms with Crippen molar-refractivity contribution in [2.75, 3.05) is 0 Å².